The summed E-state index contributed by atoms with van der Waals surface area (Å²) < 4.78 is 16.5. The van der Waals surface area contributed by atoms with Crippen LogP contribution in [0.15, 0.2) is 17.0 Å². The minimum absolute atomic E-state index is 0.213. The second-order valence-electron chi connectivity index (χ2n) is 7.96. The molecule has 0 aliphatic carbocycles. The average molecular weight is 602 g/mol. The van der Waals surface area contributed by atoms with Gasteiger partial charge in [0.1, 0.15) is 6.54 Å². The first-order valence-electron chi connectivity index (χ1n) is 10.9. The predicted molar refractivity (Wildman–Crippen MR) is 135 cm³/mol. The van der Waals surface area contributed by atoms with E-state index in [9.17, 15) is 19.2 Å². The van der Waals surface area contributed by atoms with Crippen molar-refractivity contribution in [3.05, 3.63) is 26.2 Å². The van der Waals surface area contributed by atoms with Gasteiger partial charge in [-0.15, -0.1) is 0 Å². The molecule has 0 N–H and O–H groups in total. The molecule has 3 amide bonds. The number of hydrogen-bond acceptors (Lipinski definition) is 8. The van der Waals surface area contributed by atoms with E-state index in [4.69, 9.17) is 14.2 Å². The van der Waals surface area contributed by atoms with Gasteiger partial charge in [0.15, 0.2) is 18.1 Å². The molecule has 9 nitrogen and oxygen atoms in total. The van der Waals surface area contributed by atoms with E-state index in [0.717, 1.165) is 29.5 Å². The summed E-state index contributed by atoms with van der Waals surface area (Å²) in [6.07, 6.45) is 3.43. The quantitative estimate of drug-likeness (QED) is 0.253. The molecule has 2 aliphatic rings. The van der Waals surface area contributed by atoms with Crippen molar-refractivity contribution in [2.75, 3.05) is 40.0 Å². The molecule has 0 aromatic heterocycles. The third-order valence-corrected chi connectivity index (χ3v) is 7.20. The van der Waals surface area contributed by atoms with Gasteiger partial charge in [0.25, 0.3) is 11.1 Å². The SMILES string of the molecule is CCOC(=O)COc1c(I)cc(/C=C2/SC(=O)N(CC(=O)N3CCC(C)CC3)C2=O)cc1OC. The van der Waals surface area contributed by atoms with E-state index in [2.05, 4.69) is 6.92 Å². The summed E-state index contributed by atoms with van der Waals surface area (Å²) in [4.78, 5) is 52.5. The van der Waals surface area contributed by atoms with Crippen LogP contribution >= 0.6 is 34.4 Å². The Kier molecular flexibility index (Phi) is 9.23. The number of ether oxygens (including phenoxy) is 3. The first-order chi connectivity index (χ1) is 16.2. The molecule has 2 heterocycles. The van der Waals surface area contributed by atoms with E-state index in [1.54, 1.807) is 30.0 Å². The number of rotatable bonds is 8. The van der Waals surface area contributed by atoms with Crippen LogP contribution in [0.25, 0.3) is 6.08 Å². The van der Waals surface area contributed by atoms with Crippen LogP contribution in [0, 0.1) is 9.49 Å². The number of amides is 3. The summed E-state index contributed by atoms with van der Waals surface area (Å²) >= 11 is 2.84. The fourth-order valence-corrected chi connectivity index (χ4v) is 5.20. The number of hydrogen-bond donors (Lipinski definition) is 0. The topological polar surface area (TPSA) is 102 Å². The van der Waals surface area contributed by atoms with Crippen molar-refractivity contribution in [3.63, 3.8) is 0 Å². The molecule has 2 fully saturated rings. The third-order valence-electron chi connectivity index (χ3n) is 5.49. The molecule has 2 saturated heterocycles. The molecule has 3 rings (SSSR count). The summed E-state index contributed by atoms with van der Waals surface area (Å²) in [6.45, 7) is 4.90. The number of likely N-dealkylation sites (tertiary alicyclic amines) is 1. The average Bonchev–Trinajstić information content (AvgIpc) is 3.05. The Labute approximate surface area is 216 Å². The number of thioether (sulfide) groups is 1. The van der Waals surface area contributed by atoms with E-state index in [0.29, 0.717) is 39.6 Å². The monoisotopic (exact) mass is 602 g/mol. The lowest BCUT2D eigenvalue weighted by molar-refractivity contribution is -0.145. The standard InChI is InChI=1S/C23H27IN2O7S/c1-4-32-20(28)13-33-21-16(24)9-15(10-17(21)31-3)11-18-22(29)26(23(30)34-18)12-19(27)25-7-5-14(2)6-8-25/h9-11,14H,4-8,12-13H2,1-3H3/b18-11+. The predicted octanol–water partition coefficient (Wildman–Crippen LogP) is 3.54. The van der Waals surface area contributed by atoms with Crippen LogP contribution in [0.1, 0.15) is 32.3 Å². The third kappa shape index (κ3) is 6.44. The van der Waals surface area contributed by atoms with Crippen LogP contribution in [0.2, 0.25) is 0 Å². The number of esters is 1. The van der Waals surface area contributed by atoms with Crippen molar-refractivity contribution in [1.29, 1.82) is 0 Å². The molecule has 2 aliphatic heterocycles. The lowest BCUT2D eigenvalue weighted by Gasteiger charge is -2.31. The Bertz CT molecular complexity index is 1010. The maximum atomic E-state index is 12.9. The number of piperidine rings is 1. The van der Waals surface area contributed by atoms with E-state index in [-0.39, 0.29) is 30.6 Å². The molecule has 0 atom stereocenters. The van der Waals surface area contributed by atoms with Gasteiger partial charge < -0.3 is 19.1 Å². The Morgan fingerprint density at radius 1 is 1.24 bits per heavy atom. The number of carbonyl (C=O) groups excluding carboxylic acids is 4. The van der Waals surface area contributed by atoms with Crippen molar-refractivity contribution in [2.24, 2.45) is 5.92 Å². The zero-order chi connectivity index (χ0) is 24.8. The van der Waals surface area contributed by atoms with Gasteiger partial charge in [-0.05, 0) is 83.8 Å². The normalized spacial score (nSPS) is 17.9. The fraction of sp³-hybridized carbons (Fsp3) is 0.478. The van der Waals surface area contributed by atoms with E-state index in [1.807, 2.05) is 22.6 Å². The summed E-state index contributed by atoms with van der Waals surface area (Å²) in [5, 5.41) is -0.467. The molecule has 1 aromatic rings. The van der Waals surface area contributed by atoms with Crippen molar-refractivity contribution >= 4 is 63.5 Å². The van der Waals surface area contributed by atoms with Crippen molar-refractivity contribution in [2.45, 2.75) is 26.7 Å². The van der Waals surface area contributed by atoms with Gasteiger partial charge >= 0.3 is 5.97 Å². The molecule has 184 valence electrons. The van der Waals surface area contributed by atoms with Gasteiger partial charge in [0.2, 0.25) is 5.91 Å². The van der Waals surface area contributed by atoms with Gasteiger partial charge in [-0.2, -0.15) is 0 Å². The molecule has 0 unspecified atom stereocenters. The van der Waals surface area contributed by atoms with Crippen molar-refractivity contribution < 1.29 is 33.4 Å². The Morgan fingerprint density at radius 3 is 2.59 bits per heavy atom. The fourth-order valence-electron chi connectivity index (χ4n) is 3.58. The molecule has 11 heteroatoms. The van der Waals surface area contributed by atoms with E-state index >= 15 is 0 Å². The smallest absolute Gasteiger partial charge is 0.344 e. The molecule has 0 bridgehead atoms. The summed E-state index contributed by atoms with van der Waals surface area (Å²) in [6, 6.07) is 3.40. The first kappa shape index (κ1) is 26.3. The first-order valence-corrected chi connectivity index (χ1v) is 12.8. The molecule has 0 saturated carbocycles. The number of benzene rings is 1. The number of carbonyl (C=O) groups is 4. The van der Waals surface area contributed by atoms with Crippen molar-refractivity contribution in [1.82, 2.24) is 9.80 Å². The highest BCUT2D eigenvalue weighted by atomic mass is 127. The van der Waals surface area contributed by atoms with E-state index in [1.165, 1.54) is 7.11 Å². The summed E-state index contributed by atoms with van der Waals surface area (Å²) in [5.41, 5.74) is 0.617. The van der Waals surface area contributed by atoms with Crippen LogP contribution < -0.4 is 9.47 Å². The Balaban J connectivity index is 1.72. The zero-order valence-corrected chi connectivity index (χ0v) is 22.3. The lowest BCUT2D eigenvalue weighted by Crippen LogP contribution is -2.45. The van der Waals surface area contributed by atoms with Gasteiger partial charge in [0, 0.05) is 13.1 Å². The zero-order valence-electron chi connectivity index (χ0n) is 19.3. The van der Waals surface area contributed by atoms with Gasteiger partial charge in [-0.25, -0.2) is 4.79 Å². The molecule has 1 aromatic carbocycles. The second-order valence-corrected chi connectivity index (χ2v) is 10.1. The highest BCUT2D eigenvalue weighted by Gasteiger charge is 2.37. The second kappa shape index (κ2) is 11.9. The largest absolute Gasteiger partial charge is 0.493 e. The van der Waals surface area contributed by atoms with Crippen LogP contribution in [-0.2, 0) is 19.1 Å². The minimum atomic E-state index is -0.495. The molecule has 34 heavy (non-hydrogen) atoms. The highest BCUT2D eigenvalue weighted by Crippen LogP contribution is 2.37. The van der Waals surface area contributed by atoms with Gasteiger partial charge in [-0.1, -0.05) is 6.92 Å². The number of imide groups is 1. The maximum Gasteiger partial charge on any atom is 0.344 e. The van der Waals surface area contributed by atoms with E-state index < -0.39 is 17.1 Å². The van der Waals surface area contributed by atoms with Crippen molar-refractivity contribution in [3.8, 4) is 11.5 Å². The number of nitrogens with zero attached hydrogens (tertiary/aromatic N) is 2. The summed E-state index contributed by atoms with van der Waals surface area (Å²) in [7, 11) is 1.47. The van der Waals surface area contributed by atoms with Gasteiger partial charge in [0.05, 0.1) is 22.2 Å². The molecular weight excluding hydrogens is 575 g/mol. The van der Waals surface area contributed by atoms with Crippen LogP contribution in [-0.4, -0.2) is 72.8 Å². The lowest BCUT2D eigenvalue weighted by atomic mass is 9.99. The molecular formula is C23H27IN2O7S. The van der Waals surface area contributed by atoms with Crippen LogP contribution in [0.4, 0.5) is 4.79 Å². The van der Waals surface area contributed by atoms with Gasteiger partial charge in [-0.3, -0.25) is 19.3 Å². The minimum Gasteiger partial charge on any atom is -0.493 e. The number of halogens is 1. The Morgan fingerprint density at radius 2 is 1.94 bits per heavy atom. The summed E-state index contributed by atoms with van der Waals surface area (Å²) in [5.74, 6) is 0.122. The molecule has 0 radical (unpaired) electrons. The number of methoxy groups -OCH3 is 1. The maximum absolute atomic E-state index is 12.9. The molecule has 0 spiro atoms. The van der Waals surface area contributed by atoms with Crippen LogP contribution in [0.5, 0.6) is 11.5 Å². The van der Waals surface area contributed by atoms with Crippen LogP contribution in [0.3, 0.4) is 0 Å². The highest BCUT2D eigenvalue weighted by molar-refractivity contribution is 14.1. The Hall–Kier alpha value is -2.28.